The molecule has 0 atom stereocenters. The van der Waals surface area contributed by atoms with Crippen LogP contribution in [0.5, 0.6) is 0 Å². The molecule has 6 heteroatoms. The number of aromatic nitrogens is 2. The Morgan fingerprint density at radius 3 is 2.40 bits per heavy atom. The monoisotopic (exact) mass is 268 g/mol. The summed E-state index contributed by atoms with van der Waals surface area (Å²) in [4.78, 5) is 8.57. The Bertz CT molecular complexity index is 642. The Morgan fingerprint density at radius 1 is 1.15 bits per heavy atom. The van der Waals surface area contributed by atoms with Gasteiger partial charge in [0.1, 0.15) is 17.5 Å². The SMILES string of the molecule is Cc1nc(NN)c(C)c(NCc2ccc(C#N)cc2)n1. The molecule has 0 aliphatic carbocycles. The molecular formula is C14H16N6. The zero-order chi connectivity index (χ0) is 14.5. The molecule has 0 aliphatic heterocycles. The second kappa shape index (κ2) is 5.99. The van der Waals surface area contributed by atoms with Crippen LogP contribution in [0, 0.1) is 25.2 Å². The van der Waals surface area contributed by atoms with Crippen molar-refractivity contribution in [2.75, 3.05) is 10.7 Å². The van der Waals surface area contributed by atoms with Crippen LogP contribution in [0.4, 0.5) is 11.6 Å². The van der Waals surface area contributed by atoms with Crippen molar-refractivity contribution < 1.29 is 0 Å². The van der Waals surface area contributed by atoms with Gasteiger partial charge in [-0.1, -0.05) is 12.1 Å². The minimum Gasteiger partial charge on any atom is -0.366 e. The van der Waals surface area contributed by atoms with E-state index in [-0.39, 0.29) is 0 Å². The lowest BCUT2D eigenvalue weighted by Gasteiger charge is -2.12. The van der Waals surface area contributed by atoms with Crippen molar-refractivity contribution in [3.63, 3.8) is 0 Å². The van der Waals surface area contributed by atoms with E-state index in [2.05, 4.69) is 26.8 Å². The van der Waals surface area contributed by atoms with Gasteiger partial charge in [-0.05, 0) is 31.5 Å². The number of nitrogens with two attached hydrogens (primary N) is 1. The lowest BCUT2D eigenvalue weighted by atomic mass is 10.1. The van der Waals surface area contributed by atoms with Crippen molar-refractivity contribution in [2.24, 2.45) is 5.84 Å². The molecule has 2 aromatic rings. The van der Waals surface area contributed by atoms with Gasteiger partial charge in [-0.3, -0.25) is 0 Å². The Kier molecular flexibility index (Phi) is 4.13. The Balaban J connectivity index is 2.14. The number of hydrogen-bond acceptors (Lipinski definition) is 6. The summed E-state index contributed by atoms with van der Waals surface area (Å²) in [6.45, 7) is 4.33. The van der Waals surface area contributed by atoms with Crippen LogP contribution in [0.25, 0.3) is 0 Å². The smallest absolute Gasteiger partial charge is 0.148 e. The number of hydrogen-bond donors (Lipinski definition) is 3. The van der Waals surface area contributed by atoms with E-state index in [1.165, 1.54) is 0 Å². The summed E-state index contributed by atoms with van der Waals surface area (Å²) in [5.41, 5.74) is 5.15. The molecule has 0 unspecified atom stereocenters. The van der Waals surface area contributed by atoms with E-state index in [0.717, 1.165) is 16.9 Å². The quantitative estimate of drug-likeness (QED) is 0.578. The summed E-state index contributed by atoms with van der Waals surface area (Å²) in [5, 5.41) is 12.0. The van der Waals surface area contributed by atoms with Gasteiger partial charge in [-0.2, -0.15) is 5.26 Å². The number of rotatable bonds is 4. The highest BCUT2D eigenvalue weighted by Crippen LogP contribution is 2.19. The molecule has 20 heavy (non-hydrogen) atoms. The number of aryl methyl sites for hydroxylation is 1. The van der Waals surface area contributed by atoms with Crippen LogP contribution < -0.4 is 16.6 Å². The third kappa shape index (κ3) is 3.02. The van der Waals surface area contributed by atoms with Gasteiger partial charge in [0.15, 0.2) is 0 Å². The van der Waals surface area contributed by atoms with E-state index in [0.29, 0.717) is 23.8 Å². The molecule has 1 heterocycles. The molecule has 0 amide bonds. The van der Waals surface area contributed by atoms with Crippen molar-refractivity contribution in [3.05, 3.63) is 46.8 Å². The number of benzene rings is 1. The summed E-state index contributed by atoms with van der Waals surface area (Å²) in [6, 6.07) is 9.51. The van der Waals surface area contributed by atoms with Gasteiger partial charge in [0.05, 0.1) is 11.6 Å². The van der Waals surface area contributed by atoms with Gasteiger partial charge in [-0.25, -0.2) is 15.8 Å². The zero-order valence-corrected chi connectivity index (χ0v) is 11.4. The highest BCUT2D eigenvalue weighted by molar-refractivity contribution is 5.56. The molecule has 0 radical (unpaired) electrons. The molecule has 6 nitrogen and oxygen atoms in total. The molecular weight excluding hydrogens is 252 g/mol. The number of nitrogen functional groups attached to an aromatic ring is 1. The molecule has 102 valence electrons. The van der Waals surface area contributed by atoms with Crippen molar-refractivity contribution in [2.45, 2.75) is 20.4 Å². The molecule has 0 aliphatic rings. The highest BCUT2D eigenvalue weighted by Gasteiger charge is 2.07. The minimum atomic E-state index is 0.611. The van der Waals surface area contributed by atoms with E-state index in [4.69, 9.17) is 11.1 Å². The van der Waals surface area contributed by atoms with Gasteiger partial charge in [0, 0.05) is 12.1 Å². The van der Waals surface area contributed by atoms with Crippen molar-refractivity contribution in [1.29, 1.82) is 5.26 Å². The fraction of sp³-hybridized carbons (Fsp3) is 0.214. The topological polar surface area (TPSA) is 99.6 Å². The fourth-order valence-electron chi connectivity index (χ4n) is 1.82. The molecule has 1 aromatic heterocycles. The van der Waals surface area contributed by atoms with E-state index < -0.39 is 0 Å². The molecule has 0 spiro atoms. The normalized spacial score (nSPS) is 9.90. The van der Waals surface area contributed by atoms with Crippen LogP contribution in [-0.4, -0.2) is 9.97 Å². The number of nitrogens with one attached hydrogen (secondary N) is 2. The lowest BCUT2D eigenvalue weighted by Crippen LogP contribution is -2.14. The van der Waals surface area contributed by atoms with Crippen molar-refractivity contribution in [3.8, 4) is 6.07 Å². The van der Waals surface area contributed by atoms with Crippen LogP contribution in [0.15, 0.2) is 24.3 Å². The molecule has 0 saturated carbocycles. The summed E-state index contributed by atoms with van der Waals surface area (Å²) < 4.78 is 0. The van der Waals surface area contributed by atoms with Gasteiger partial charge < -0.3 is 10.7 Å². The van der Waals surface area contributed by atoms with Crippen molar-refractivity contribution in [1.82, 2.24) is 9.97 Å². The molecule has 0 bridgehead atoms. The Hall–Kier alpha value is -2.65. The highest BCUT2D eigenvalue weighted by atomic mass is 15.3. The van der Waals surface area contributed by atoms with E-state index in [1.807, 2.05) is 26.0 Å². The molecule has 0 saturated heterocycles. The predicted octanol–water partition coefficient (Wildman–Crippen LogP) is 1.86. The van der Waals surface area contributed by atoms with Crippen LogP contribution in [0.1, 0.15) is 22.5 Å². The van der Waals surface area contributed by atoms with Gasteiger partial charge in [0.2, 0.25) is 0 Å². The number of hydrazine groups is 1. The standard InChI is InChI=1S/C14H16N6/c1-9-13(18-10(2)19-14(9)20-16)17-8-12-5-3-11(7-15)4-6-12/h3-6H,8,16H2,1-2H3,(H2,17,18,19,20). The fourth-order valence-corrected chi connectivity index (χ4v) is 1.82. The maximum Gasteiger partial charge on any atom is 0.148 e. The second-order valence-corrected chi connectivity index (χ2v) is 4.40. The Morgan fingerprint density at radius 2 is 1.80 bits per heavy atom. The molecule has 2 rings (SSSR count). The maximum atomic E-state index is 8.76. The lowest BCUT2D eigenvalue weighted by molar-refractivity contribution is 0.997. The van der Waals surface area contributed by atoms with Crippen LogP contribution in [0.2, 0.25) is 0 Å². The second-order valence-electron chi connectivity index (χ2n) is 4.40. The molecule has 4 N–H and O–H groups in total. The first-order valence-electron chi connectivity index (χ1n) is 6.19. The van der Waals surface area contributed by atoms with Crippen LogP contribution in [-0.2, 0) is 6.54 Å². The summed E-state index contributed by atoms with van der Waals surface area (Å²) in [5.74, 6) is 7.43. The maximum absolute atomic E-state index is 8.76. The number of nitriles is 1. The first kappa shape index (κ1) is 13.8. The van der Waals surface area contributed by atoms with E-state index in [9.17, 15) is 0 Å². The summed E-state index contributed by atoms with van der Waals surface area (Å²) >= 11 is 0. The number of anilines is 2. The first-order chi connectivity index (χ1) is 9.63. The third-order valence-electron chi connectivity index (χ3n) is 2.94. The third-order valence-corrected chi connectivity index (χ3v) is 2.94. The van der Waals surface area contributed by atoms with Gasteiger partial charge >= 0.3 is 0 Å². The van der Waals surface area contributed by atoms with E-state index >= 15 is 0 Å². The summed E-state index contributed by atoms with van der Waals surface area (Å²) in [7, 11) is 0. The van der Waals surface area contributed by atoms with Crippen LogP contribution in [0.3, 0.4) is 0 Å². The first-order valence-corrected chi connectivity index (χ1v) is 6.19. The zero-order valence-electron chi connectivity index (χ0n) is 11.4. The average molecular weight is 268 g/mol. The minimum absolute atomic E-state index is 0.611. The molecule has 0 fully saturated rings. The van der Waals surface area contributed by atoms with Crippen molar-refractivity contribution >= 4 is 11.6 Å². The molecule has 1 aromatic carbocycles. The summed E-state index contributed by atoms with van der Waals surface area (Å²) in [6.07, 6.45) is 0. The van der Waals surface area contributed by atoms with Crippen LogP contribution >= 0.6 is 0 Å². The Labute approximate surface area is 117 Å². The largest absolute Gasteiger partial charge is 0.366 e. The van der Waals surface area contributed by atoms with Gasteiger partial charge in [0.25, 0.3) is 0 Å². The van der Waals surface area contributed by atoms with Gasteiger partial charge in [-0.15, -0.1) is 0 Å². The predicted molar refractivity (Wildman–Crippen MR) is 77.8 cm³/mol. The average Bonchev–Trinajstić information content (AvgIpc) is 2.48. The number of nitrogens with zero attached hydrogens (tertiary/aromatic N) is 3. The van der Waals surface area contributed by atoms with E-state index in [1.54, 1.807) is 12.1 Å².